The molecule has 2 rings (SSSR count). The predicted octanol–water partition coefficient (Wildman–Crippen LogP) is 3.88. The first-order valence-electron chi connectivity index (χ1n) is 7.86. The lowest BCUT2D eigenvalue weighted by atomic mass is 9.74. The first kappa shape index (κ1) is 16.0. The second kappa shape index (κ2) is 6.18. The average molecular weight is 289 g/mol. The quantitative estimate of drug-likeness (QED) is 0.914. The highest BCUT2D eigenvalue weighted by atomic mass is 16.4. The molecule has 0 spiro atoms. The van der Waals surface area contributed by atoms with Crippen molar-refractivity contribution in [2.24, 2.45) is 11.3 Å². The van der Waals surface area contributed by atoms with Gasteiger partial charge in [-0.05, 0) is 58.6 Å². The van der Waals surface area contributed by atoms with Crippen LogP contribution in [0, 0.1) is 18.3 Å². The molecule has 116 valence electrons. The number of carboxylic acids is 1. The maximum Gasteiger partial charge on any atom is 0.309 e. The zero-order chi connectivity index (χ0) is 15.6. The lowest BCUT2D eigenvalue weighted by molar-refractivity contribution is -0.151. The van der Waals surface area contributed by atoms with Gasteiger partial charge >= 0.3 is 5.97 Å². The number of benzene rings is 1. The summed E-state index contributed by atoms with van der Waals surface area (Å²) in [5, 5.41) is 9.45. The number of likely N-dealkylation sites (tertiary alicyclic amines) is 1. The molecule has 1 fully saturated rings. The van der Waals surface area contributed by atoms with Crippen LogP contribution in [0.25, 0.3) is 0 Å². The molecule has 2 atom stereocenters. The van der Waals surface area contributed by atoms with Crippen molar-refractivity contribution in [3.8, 4) is 0 Å². The molecule has 1 heterocycles. The SMILES string of the molecule is Cc1cccc(C(C)N2CCCC(C(C)(C)C(=O)O)C2)c1. The highest BCUT2D eigenvalue weighted by Gasteiger charge is 2.39. The predicted molar refractivity (Wildman–Crippen MR) is 85.3 cm³/mol. The number of rotatable bonds is 4. The van der Waals surface area contributed by atoms with Crippen molar-refractivity contribution in [1.29, 1.82) is 0 Å². The van der Waals surface area contributed by atoms with Crippen LogP contribution in [0.5, 0.6) is 0 Å². The summed E-state index contributed by atoms with van der Waals surface area (Å²) in [6.45, 7) is 9.99. The van der Waals surface area contributed by atoms with E-state index >= 15 is 0 Å². The maximum absolute atomic E-state index is 11.5. The minimum atomic E-state index is -0.683. The Labute approximate surface area is 128 Å². The Hall–Kier alpha value is -1.35. The van der Waals surface area contributed by atoms with Crippen molar-refractivity contribution >= 4 is 5.97 Å². The topological polar surface area (TPSA) is 40.5 Å². The number of aryl methyl sites for hydroxylation is 1. The number of carbonyl (C=O) groups is 1. The Bertz CT molecular complexity index is 510. The average Bonchev–Trinajstić information content (AvgIpc) is 2.46. The van der Waals surface area contributed by atoms with Gasteiger partial charge in [0.15, 0.2) is 0 Å². The van der Waals surface area contributed by atoms with Gasteiger partial charge in [0.05, 0.1) is 5.41 Å². The van der Waals surface area contributed by atoms with E-state index in [9.17, 15) is 9.90 Å². The minimum Gasteiger partial charge on any atom is -0.481 e. The highest BCUT2D eigenvalue weighted by Crippen LogP contribution is 2.36. The Morgan fingerprint density at radius 3 is 2.76 bits per heavy atom. The van der Waals surface area contributed by atoms with Crippen LogP contribution in [0.4, 0.5) is 0 Å². The molecule has 1 aliphatic rings. The molecule has 0 aromatic heterocycles. The van der Waals surface area contributed by atoms with Gasteiger partial charge in [-0.15, -0.1) is 0 Å². The van der Waals surface area contributed by atoms with Crippen LogP contribution in [-0.2, 0) is 4.79 Å². The summed E-state index contributed by atoms with van der Waals surface area (Å²) < 4.78 is 0. The summed E-state index contributed by atoms with van der Waals surface area (Å²) >= 11 is 0. The Morgan fingerprint density at radius 1 is 1.43 bits per heavy atom. The number of hydrogen-bond acceptors (Lipinski definition) is 2. The summed E-state index contributed by atoms with van der Waals surface area (Å²) in [5.41, 5.74) is 1.95. The molecule has 1 saturated heterocycles. The van der Waals surface area contributed by atoms with E-state index in [1.807, 2.05) is 13.8 Å². The molecule has 0 aliphatic carbocycles. The monoisotopic (exact) mass is 289 g/mol. The molecule has 1 aromatic carbocycles. The number of piperidine rings is 1. The molecule has 0 radical (unpaired) electrons. The molecule has 0 saturated carbocycles. The van der Waals surface area contributed by atoms with Crippen molar-refractivity contribution in [2.45, 2.75) is 46.6 Å². The van der Waals surface area contributed by atoms with Gasteiger partial charge in [-0.2, -0.15) is 0 Å². The third-order valence-electron chi connectivity index (χ3n) is 5.10. The van der Waals surface area contributed by atoms with Crippen LogP contribution in [0.2, 0.25) is 0 Å². The molecule has 21 heavy (non-hydrogen) atoms. The number of carboxylic acid groups (broad SMARTS) is 1. The third-order valence-corrected chi connectivity index (χ3v) is 5.10. The van der Waals surface area contributed by atoms with E-state index in [4.69, 9.17) is 0 Å². The van der Waals surface area contributed by atoms with Crippen molar-refractivity contribution in [1.82, 2.24) is 4.90 Å². The number of hydrogen-bond donors (Lipinski definition) is 1. The Balaban J connectivity index is 2.12. The van der Waals surface area contributed by atoms with Crippen molar-refractivity contribution in [3.63, 3.8) is 0 Å². The van der Waals surface area contributed by atoms with Gasteiger partial charge in [0.1, 0.15) is 0 Å². The van der Waals surface area contributed by atoms with Crippen molar-refractivity contribution < 1.29 is 9.90 Å². The second-order valence-corrected chi connectivity index (χ2v) is 6.95. The van der Waals surface area contributed by atoms with Gasteiger partial charge in [0, 0.05) is 12.6 Å². The van der Waals surface area contributed by atoms with Crippen LogP contribution < -0.4 is 0 Å². The summed E-state index contributed by atoms with van der Waals surface area (Å²) in [6, 6.07) is 8.96. The van der Waals surface area contributed by atoms with Gasteiger partial charge < -0.3 is 5.11 Å². The highest BCUT2D eigenvalue weighted by molar-refractivity contribution is 5.74. The fourth-order valence-electron chi connectivity index (χ4n) is 3.26. The molecule has 1 aliphatic heterocycles. The van der Waals surface area contributed by atoms with Gasteiger partial charge in [-0.25, -0.2) is 0 Å². The normalized spacial score (nSPS) is 22.0. The van der Waals surface area contributed by atoms with Gasteiger partial charge in [0.25, 0.3) is 0 Å². The van der Waals surface area contributed by atoms with E-state index in [1.165, 1.54) is 11.1 Å². The molecule has 3 heteroatoms. The van der Waals surface area contributed by atoms with Crippen molar-refractivity contribution in [2.75, 3.05) is 13.1 Å². The van der Waals surface area contributed by atoms with Crippen LogP contribution in [-0.4, -0.2) is 29.1 Å². The lowest BCUT2D eigenvalue weighted by Crippen LogP contribution is -2.45. The maximum atomic E-state index is 11.5. The van der Waals surface area contributed by atoms with Crippen LogP contribution >= 0.6 is 0 Å². The lowest BCUT2D eigenvalue weighted by Gasteiger charge is -2.42. The van der Waals surface area contributed by atoms with E-state index in [1.54, 1.807) is 0 Å². The van der Waals surface area contributed by atoms with Crippen LogP contribution in [0.15, 0.2) is 24.3 Å². The smallest absolute Gasteiger partial charge is 0.309 e. The molecular weight excluding hydrogens is 262 g/mol. The largest absolute Gasteiger partial charge is 0.481 e. The molecular formula is C18H27NO2. The fourth-order valence-corrected chi connectivity index (χ4v) is 3.26. The van der Waals surface area contributed by atoms with Crippen LogP contribution in [0.1, 0.15) is 50.8 Å². The molecule has 1 N–H and O–H groups in total. The summed E-state index contributed by atoms with van der Waals surface area (Å²) in [7, 11) is 0. The third kappa shape index (κ3) is 3.46. The first-order chi connectivity index (χ1) is 9.82. The van der Waals surface area contributed by atoms with Gasteiger partial charge in [-0.3, -0.25) is 9.69 Å². The summed E-state index contributed by atoms with van der Waals surface area (Å²) in [4.78, 5) is 13.9. The van der Waals surface area contributed by atoms with Gasteiger partial charge in [0.2, 0.25) is 0 Å². The Morgan fingerprint density at radius 2 is 2.14 bits per heavy atom. The van der Waals surface area contributed by atoms with E-state index in [2.05, 4.69) is 43.0 Å². The van der Waals surface area contributed by atoms with Crippen LogP contribution in [0.3, 0.4) is 0 Å². The van der Waals surface area contributed by atoms with Crippen molar-refractivity contribution in [3.05, 3.63) is 35.4 Å². The molecule has 2 unspecified atom stereocenters. The van der Waals surface area contributed by atoms with Gasteiger partial charge in [-0.1, -0.05) is 29.8 Å². The Kier molecular flexibility index (Phi) is 4.72. The number of aliphatic carboxylic acids is 1. The first-order valence-corrected chi connectivity index (χ1v) is 7.86. The summed E-state index contributed by atoms with van der Waals surface area (Å²) in [6.07, 6.45) is 2.09. The molecule has 0 bridgehead atoms. The van der Waals surface area contributed by atoms with E-state index in [-0.39, 0.29) is 5.92 Å². The zero-order valence-electron chi connectivity index (χ0n) is 13.6. The zero-order valence-corrected chi connectivity index (χ0v) is 13.6. The van der Waals surface area contributed by atoms with E-state index in [0.29, 0.717) is 6.04 Å². The van der Waals surface area contributed by atoms with E-state index < -0.39 is 11.4 Å². The minimum absolute atomic E-state index is 0.219. The molecule has 3 nitrogen and oxygen atoms in total. The molecule has 0 amide bonds. The fraction of sp³-hybridized carbons (Fsp3) is 0.611. The molecule has 1 aromatic rings. The second-order valence-electron chi connectivity index (χ2n) is 6.95. The summed E-state index contributed by atoms with van der Waals surface area (Å²) in [5.74, 6) is -0.464. The standard InChI is InChI=1S/C18H27NO2/c1-13-7-5-8-15(11-13)14(2)19-10-6-9-16(12-19)18(3,4)17(20)21/h5,7-8,11,14,16H,6,9-10,12H2,1-4H3,(H,20,21). The van der Waals surface area contributed by atoms with E-state index in [0.717, 1.165) is 25.9 Å². The number of nitrogens with zero attached hydrogens (tertiary/aromatic N) is 1.